The number of hydrogen-bond donors (Lipinski definition) is 0. The lowest BCUT2D eigenvalue weighted by atomic mass is 9.76. The fourth-order valence-electron chi connectivity index (χ4n) is 1.65. The number of carbonyl (C=O) groups excluding carboxylic acids is 1. The van der Waals surface area contributed by atoms with Gasteiger partial charge < -0.3 is 0 Å². The molecule has 74 valence electrons. The van der Waals surface area contributed by atoms with E-state index in [1.807, 2.05) is 32.9 Å². The number of allylic oxidation sites excluding steroid dienone is 3. The van der Waals surface area contributed by atoms with Crippen molar-refractivity contribution >= 4 is 5.78 Å². The van der Waals surface area contributed by atoms with Crippen molar-refractivity contribution < 1.29 is 4.79 Å². The van der Waals surface area contributed by atoms with E-state index in [9.17, 15) is 4.79 Å². The first-order valence-corrected chi connectivity index (χ1v) is 4.77. The van der Waals surface area contributed by atoms with Gasteiger partial charge in [0.25, 0.3) is 0 Å². The molecule has 0 fully saturated rings. The highest BCUT2D eigenvalue weighted by Gasteiger charge is 2.29. The fraction of sp³-hybridized carbons (Fsp3) is 0.583. The Hall–Kier alpha value is -0.850. The second kappa shape index (κ2) is 5.00. The number of Topliss-reactive ketones (excluding diaryl/α,β-unsaturated/α-hetero) is 1. The monoisotopic (exact) mass is 180 g/mol. The molecule has 0 bridgehead atoms. The standard InChI is InChI=1S/C12H20O/c1-6-8-12(7-2,11(5)13)9-10(3)4/h6,8H,3,7,9H2,1-2,4-5H3/b8-6+. The van der Waals surface area contributed by atoms with Crippen LogP contribution in [0.3, 0.4) is 0 Å². The van der Waals surface area contributed by atoms with Crippen molar-refractivity contribution in [3.8, 4) is 0 Å². The molecule has 0 radical (unpaired) electrons. The van der Waals surface area contributed by atoms with E-state index < -0.39 is 0 Å². The highest BCUT2D eigenvalue weighted by atomic mass is 16.1. The molecule has 0 aromatic carbocycles. The van der Waals surface area contributed by atoms with Crippen LogP contribution in [0.4, 0.5) is 0 Å². The number of rotatable bonds is 5. The van der Waals surface area contributed by atoms with Gasteiger partial charge >= 0.3 is 0 Å². The summed E-state index contributed by atoms with van der Waals surface area (Å²) in [6, 6.07) is 0. The SMILES string of the molecule is C=C(C)CC(/C=C/C)(CC)C(C)=O. The summed E-state index contributed by atoms with van der Waals surface area (Å²) in [5.74, 6) is 0.233. The second-order valence-electron chi connectivity index (χ2n) is 3.70. The van der Waals surface area contributed by atoms with Crippen LogP contribution < -0.4 is 0 Å². The van der Waals surface area contributed by atoms with Gasteiger partial charge in [-0.05, 0) is 33.6 Å². The lowest BCUT2D eigenvalue weighted by Crippen LogP contribution is -2.26. The zero-order chi connectivity index (χ0) is 10.5. The van der Waals surface area contributed by atoms with Crippen LogP contribution in [0.15, 0.2) is 24.3 Å². The predicted octanol–water partition coefficient (Wildman–Crippen LogP) is 3.51. The summed E-state index contributed by atoms with van der Waals surface area (Å²) in [6.45, 7) is 11.5. The molecule has 0 N–H and O–H groups in total. The molecule has 0 aromatic heterocycles. The van der Waals surface area contributed by atoms with E-state index in [-0.39, 0.29) is 11.2 Å². The smallest absolute Gasteiger partial charge is 0.140 e. The summed E-state index contributed by atoms with van der Waals surface area (Å²) in [5, 5.41) is 0. The van der Waals surface area contributed by atoms with Gasteiger partial charge in [0.15, 0.2) is 0 Å². The van der Waals surface area contributed by atoms with Gasteiger partial charge in [-0.1, -0.05) is 24.6 Å². The first kappa shape index (κ1) is 12.2. The Morgan fingerprint density at radius 1 is 1.46 bits per heavy atom. The molecule has 0 aliphatic heterocycles. The molecule has 0 aromatic rings. The summed E-state index contributed by atoms with van der Waals surface area (Å²) < 4.78 is 0. The van der Waals surface area contributed by atoms with Gasteiger partial charge in [0, 0.05) is 5.41 Å². The molecule has 0 amide bonds. The fourth-order valence-corrected chi connectivity index (χ4v) is 1.65. The predicted molar refractivity (Wildman–Crippen MR) is 57.7 cm³/mol. The third-order valence-corrected chi connectivity index (χ3v) is 2.43. The minimum Gasteiger partial charge on any atom is -0.299 e. The van der Waals surface area contributed by atoms with Crippen LogP contribution in [0, 0.1) is 5.41 Å². The van der Waals surface area contributed by atoms with Crippen molar-refractivity contribution in [1.82, 2.24) is 0 Å². The molecular formula is C12H20O. The molecule has 1 unspecified atom stereocenters. The average Bonchev–Trinajstić information content (AvgIpc) is 2.02. The van der Waals surface area contributed by atoms with Gasteiger partial charge in [-0.25, -0.2) is 0 Å². The van der Waals surface area contributed by atoms with Crippen molar-refractivity contribution in [2.24, 2.45) is 5.41 Å². The van der Waals surface area contributed by atoms with E-state index in [0.717, 1.165) is 18.4 Å². The first-order chi connectivity index (χ1) is 5.98. The Kier molecular flexibility index (Phi) is 4.68. The third kappa shape index (κ3) is 3.17. The lowest BCUT2D eigenvalue weighted by molar-refractivity contribution is -0.124. The maximum atomic E-state index is 11.5. The van der Waals surface area contributed by atoms with Gasteiger partial charge in [0.2, 0.25) is 0 Å². The highest BCUT2D eigenvalue weighted by Crippen LogP contribution is 2.32. The van der Waals surface area contributed by atoms with E-state index in [0.29, 0.717) is 0 Å². The number of ketones is 1. The van der Waals surface area contributed by atoms with Gasteiger partial charge in [-0.2, -0.15) is 0 Å². The Balaban J connectivity index is 4.86. The van der Waals surface area contributed by atoms with Crippen LogP contribution >= 0.6 is 0 Å². The van der Waals surface area contributed by atoms with E-state index in [1.54, 1.807) is 6.92 Å². The summed E-state index contributed by atoms with van der Waals surface area (Å²) in [5.41, 5.74) is 0.760. The van der Waals surface area contributed by atoms with E-state index in [4.69, 9.17) is 0 Å². The summed E-state index contributed by atoms with van der Waals surface area (Å²) in [7, 11) is 0. The van der Waals surface area contributed by atoms with Crippen molar-refractivity contribution in [2.45, 2.75) is 40.5 Å². The molecule has 0 aliphatic rings. The van der Waals surface area contributed by atoms with Gasteiger partial charge in [-0.3, -0.25) is 4.79 Å². The zero-order valence-electron chi connectivity index (χ0n) is 9.18. The lowest BCUT2D eigenvalue weighted by Gasteiger charge is -2.26. The molecule has 1 heteroatoms. The summed E-state index contributed by atoms with van der Waals surface area (Å²) in [6.07, 6.45) is 5.57. The van der Waals surface area contributed by atoms with E-state index >= 15 is 0 Å². The van der Waals surface area contributed by atoms with Crippen LogP contribution in [0.5, 0.6) is 0 Å². The molecule has 0 spiro atoms. The Labute approximate surface area is 81.5 Å². The zero-order valence-corrected chi connectivity index (χ0v) is 9.18. The van der Waals surface area contributed by atoms with E-state index in [1.165, 1.54) is 0 Å². The highest BCUT2D eigenvalue weighted by molar-refractivity contribution is 5.84. The van der Waals surface area contributed by atoms with Crippen molar-refractivity contribution in [3.05, 3.63) is 24.3 Å². The third-order valence-electron chi connectivity index (χ3n) is 2.43. The Morgan fingerprint density at radius 3 is 2.23 bits per heavy atom. The topological polar surface area (TPSA) is 17.1 Å². The number of hydrogen-bond acceptors (Lipinski definition) is 1. The second-order valence-corrected chi connectivity index (χ2v) is 3.70. The Morgan fingerprint density at radius 2 is 2.00 bits per heavy atom. The normalized spacial score (nSPS) is 15.7. The minimum atomic E-state index is -0.305. The molecule has 1 nitrogen and oxygen atoms in total. The molecule has 0 saturated carbocycles. The van der Waals surface area contributed by atoms with Crippen LogP contribution in [0.2, 0.25) is 0 Å². The minimum absolute atomic E-state index is 0.233. The van der Waals surface area contributed by atoms with E-state index in [2.05, 4.69) is 6.58 Å². The molecule has 0 saturated heterocycles. The van der Waals surface area contributed by atoms with Crippen LogP contribution in [-0.2, 0) is 4.79 Å². The van der Waals surface area contributed by atoms with Gasteiger partial charge in [0.1, 0.15) is 5.78 Å². The molecule has 13 heavy (non-hydrogen) atoms. The van der Waals surface area contributed by atoms with Crippen LogP contribution in [-0.4, -0.2) is 5.78 Å². The molecular weight excluding hydrogens is 160 g/mol. The Bertz CT molecular complexity index is 225. The van der Waals surface area contributed by atoms with Gasteiger partial charge in [0.05, 0.1) is 0 Å². The first-order valence-electron chi connectivity index (χ1n) is 4.77. The van der Waals surface area contributed by atoms with Crippen molar-refractivity contribution in [2.75, 3.05) is 0 Å². The molecule has 0 aliphatic carbocycles. The molecule has 0 rings (SSSR count). The largest absolute Gasteiger partial charge is 0.299 e. The van der Waals surface area contributed by atoms with Crippen LogP contribution in [0.1, 0.15) is 40.5 Å². The molecule has 1 atom stereocenters. The quantitative estimate of drug-likeness (QED) is 0.592. The van der Waals surface area contributed by atoms with Crippen molar-refractivity contribution in [3.63, 3.8) is 0 Å². The summed E-state index contributed by atoms with van der Waals surface area (Å²) in [4.78, 5) is 11.5. The average molecular weight is 180 g/mol. The van der Waals surface area contributed by atoms with Crippen LogP contribution in [0.25, 0.3) is 0 Å². The maximum Gasteiger partial charge on any atom is 0.140 e. The molecule has 0 heterocycles. The van der Waals surface area contributed by atoms with Crippen molar-refractivity contribution in [1.29, 1.82) is 0 Å². The number of carbonyl (C=O) groups is 1. The maximum absolute atomic E-state index is 11.5. The van der Waals surface area contributed by atoms with Gasteiger partial charge in [-0.15, -0.1) is 6.58 Å². The summed E-state index contributed by atoms with van der Waals surface area (Å²) >= 11 is 0.